The van der Waals surface area contributed by atoms with Gasteiger partial charge in [0.05, 0.1) is 17.6 Å². The lowest BCUT2D eigenvalue weighted by Crippen LogP contribution is -2.44. The quantitative estimate of drug-likeness (QED) is 0.326. The Morgan fingerprint density at radius 2 is 2.00 bits per heavy atom. The van der Waals surface area contributed by atoms with Gasteiger partial charge in [0.25, 0.3) is 0 Å². The van der Waals surface area contributed by atoms with E-state index in [2.05, 4.69) is 5.32 Å². The van der Waals surface area contributed by atoms with Gasteiger partial charge in [0.15, 0.2) is 0 Å². The molecule has 4 rings (SSSR count). The number of carbonyl (C=O) groups is 3. The molecular formula is C20H24N4O6. The van der Waals surface area contributed by atoms with Gasteiger partial charge in [-0.1, -0.05) is 6.07 Å². The first kappa shape index (κ1) is 20.1. The second kappa shape index (κ2) is 8.31. The van der Waals surface area contributed by atoms with Gasteiger partial charge in [-0.15, -0.1) is 0 Å². The average Bonchev–Trinajstić information content (AvgIpc) is 2.91. The van der Waals surface area contributed by atoms with E-state index in [1.165, 1.54) is 9.13 Å². The van der Waals surface area contributed by atoms with Gasteiger partial charge in [-0.2, -0.15) is 4.89 Å². The number of likely N-dealkylation sites (tertiary alicyclic amines) is 1. The molecule has 10 nitrogen and oxygen atoms in total. The first-order chi connectivity index (χ1) is 14.5. The van der Waals surface area contributed by atoms with Crippen LogP contribution < -0.4 is 11.0 Å². The zero-order valence-corrected chi connectivity index (χ0v) is 16.8. The van der Waals surface area contributed by atoms with E-state index >= 15 is 0 Å². The van der Waals surface area contributed by atoms with E-state index in [-0.39, 0.29) is 24.6 Å². The van der Waals surface area contributed by atoms with Crippen molar-refractivity contribution in [3.8, 4) is 0 Å². The lowest BCUT2D eigenvalue weighted by Gasteiger charge is -2.28. The number of aromatic nitrogens is 2. The first-order valence-electron chi connectivity index (χ1n) is 10.1. The van der Waals surface area contributed by atoms with Crippen molar-refractivity contribution in [2.75, 3.05) is 19.7 Å². The Hall–Kier alpha value is -3.14. The summed E-state index contributed by atoms with van der Waals surface area (Å²) in [5, 5.41) is 2.30. The molecule has 2 aliphatic heterocycles. The molecule has 3 amide bonds. The first-order valence-corrected chi connectivity index (χ1v) is 10.1. The summed E-state index contributed by atoms with van der Waals surface area (Å²) in [7, 11) is 1.66. The number of hydrogen-bond donors (Lipinski definition) is 1. The Morgan fingerprint density at radius 3 is 2.70 bits per heavy atom. The topological polar surface area (TPSA) is 112 Å². The summed E-state index contributed by atoms with van der Waals surface area (Å²) in [4.78, 5) is 59.3. The molecule has 1 unspecified atom stereocenters. The summed E-state index contributed by atoms with van der Waals surface area (Å²) in [6.07, 6.45) is 2.37. The normalized spacial score (nSPS) is 19.0. The molecule has 2 aromatic rings. The highest BCUT2D eigenvalue weighted by molar-refractivity contribution is 6.00. The van der Waals surface area contributed by atoms with Crippen LogP contribution in [0.1, 0.15) is 37.3 Å². The maximum Gasteiger partial charge on any atom is 0.441 e. The summed E-state index contributed by atoms with van der Waals surface area (Å²) < 4.78 is 2.97. The maximum atomic E-state index is 12.8. The Kier molecular flexibility index (Phi) is 5.58. The van der Waals surface area contributed by atoms with Crippen molar-refractivity contribution >= 4 is 28.9 Å². The molecule has 3 heterocycles. The van der Waals surface area contributed by atoms with Crippen LogP contribution in [-0.4, -0.2) is 51.6 Å². The van der Waals surface area contributed by atoms with E-state index in [0.717, 1.165) is 12.0 Å². The molecule has 30 heavy (non-hydrogen) atoms. The van der Waals surface area contributed by atoms with Crippen LogP contribution in [0.15, 0.2) is 23.0 Å². The largest absolute Gasteiger partial charge is 0.441 e. The summed E-state index contributed by atoms with van der Waals surface area (Å²) in [5.41, 5.74) is 2.07. The van der Waals surface area contributed by atoms with E-state index in [4.69, 9.17) is 9.78 Å². The molecule has 2 saturated heterocycles. The number of hydrogen-bond acceptors (Lipinski definition) is 6. The molecule has 0 saturated carbocycles. The number of amides is 3. The SMILES string of the molecule is Cn1c(=O)n(C2CCC(=O)NC2=O)c2ccc(CCCOOC(=O)N3CCC3)cc21. The standard InChI is InChI=1S/C20H24N4O6/c1-22-16-12-13(4-2-11-29-30-20(28)23-9-3-10-23)5-6-14(16)24(19(22)27)15-7-8-17(25)21-18(15)26/h5-6,12,15H,2-4,7-11H2,1H3,(H,21,25,26). The summed E-state index contributed by atoms with van der Waals surface area (Å²) in [6, 6.07) is 4.93. The zero-order valence-electron chi connectivity index (χ0n) is 16.8. The van der Waals surface area contributed by atoms with Gasteiger partial charge in [-0.25, -0.2) is 9.59 Å². The number of carbonyl (C=O) groups excluding carboxylic acids is 3. The van der Waals surface area contributed by atoms with E-state index in [1.807, 2.05) is 18.2 Å². The van der Waals surface area contributed by atoms with Crippen LogP contribution in [-0.2, 0) is 32.8 Å². The van der Waals surface area contributed by atoms with Gasteiger partial charge in [-0.05, 0) is 43.4 Å². The van der Waals surface area contributed by atoms with Crippen LogP contribution in [0, 0.1) is 0 Å². The monoisotopic (exact) mass is 416 g/mol. The third kappa shape index (κ3) is 3.82. The average molecular weight is 416 g/mol. The molecule has 0 bridgehead atoms. The fourth-order valence-corrected chi connectivity index (χ4v) is 3.77. The second-order valence-electron chi connectivity index (χ2n) is 7.62. The highest BCUT2D eigenvalue weighted by atomic mass is 17.2. The minimum absolute atomic E-state index is 0.208. The molecule has 2 aliphatic rings. The van der Waals surface area contributed by atoms with Gasteiger partial charge in [0.2, 0.25) is 11.8 Å². The van der Waals surface area contributed by atoms with E-state index < -0.39 is 18.0 Å². The second-order valence-corrected chi connectivity index (χ2v) is 7.62. The minimum atomic E-state index is -0.695. The molecule has 1 aromatic carbocycles. The Labute approximate surface area is 172 Å². The van der Waals surface area contributed by atoms with Crippen molar-refractivity contribution < 1.29 is 24.2 Å². The minimum Gasteiger partial charge on any atom is -0.306 e. The molecule has 0 spiro atoms. The van der Waals surface area contributed by atoms with Gasteiger partial charge in [0, 0.05) is 26.6 Å². The Balaban J connectivity index is 1.41. The number of aryl methyl sites for hydroxylation is 2. The van der Waals surface area contributed by atoms with Gasteiger partial charge in [-0.3, -0.25) is 28.9 Å². The smallest absolute Gasteiger partial charge is 0.306 e. The molecule has 1 aromatic heterocycles. The van der Waals surface area contributed by atoms with Crippen molar-refractivity contribution in [2.45, 2.75) is 38.1 Å². The van der Waals surface area contributed by atoms with Crippen molar-refractivity contribution in [2.24, 2.45) is 7.05 Å². The van der Waals surface area contributed by atoms with E-state index in [0.29, 0.717) is 43.4 Å². The lowest BCUT2D eigenvalue weighted by atomic mass is 10.1. The molecule has 2 fully saturated rings. The van der Waals surface area contributed by atoms with Gasteiger partial charge >= 0.3 is 11.8 Å². The number of nitrogens with one attached hydrogen (secondary N) is 1. The number of imide groups is 1. The van der Waals surface area contributed by atoms with E-state index in [9.17, 15) is 19.2 Å². The van der Waals surface area contributed by atoms with Crippen molar-refractivity contribution in [1.82, 2.24) is 19.4 Å². The Morgan fingerprint density at radius 1 is 1.20 bits per heavy atom. The molecule has 1 atom stereocenters. The third-order valence-electron chi connectivity index (χ3n) is 5.61. The summed E-state index contributed by atoms with van der Waals surface area (Å²) in [5.74, 6) is -0.764. The van der Waals surface area contributed by atoms with E-state index in [1.54, 1.807) is 11.9 Å². The molecule has 1 N–H and O–H groups in total. The van der Waals surface area contributed by atoms with Crippen molar-refractivity contribution in [3.05, 3.63) is 34.2 Å². The number of benzene rings is 1. The number of rotatable bonds is 6. The molecule has 160 valence electrons. The number of imidazole rings is 1. The molecule has 0 aliphatic carbocycles. The lowest BCUT2D eigenvalue weighted by molar-refractivity contribution is -0.247. The van der Waals surface area contributed by atoms with Crippen molar-refractivity contribution in [1.29, 1.82) is 0 Å². The van der Waals surface area contributed by atoms with Crippen LogP contribution in [0.2, 0.25) is 0 Å². The third-order valence-corrected chi connectivity index (χ3v) is 5.61. The zero-order chi connectivity index (χ0) is 21.3. The summed E-state index contributed by atoms with van der Waals surface area (Å²) in [6.45, 7) is 1.69. The van der Waals surface area contributed by atoms with Crippen LogP contribution in [0.25, 0.3) is 11.0 Å². The predicted molar refractivity (Wildman–Crippen MR) is 106 cm³/mol. The van der Waals surface area contributed by atoms with Crippen molar-refractivity contribution in [3.63, 3.8) is 0 Å². The van der Waals surface area contributed by atoms with Crippen LogP contribution in [0.3, 0.4) is 0 Å². The fraction of sp³-hybridized carbons (Fsp3) is 0.500. The highest BCUT2D eigenvalue weighted by Crippen LogP contribution is 2.24. The Bertz CT molecular complexity index is 1050. The highest BCUT2D eigenvalue weighted by Gasteiger charge is 2.31. The molecular weight excluding hydrogens is 392 g/mol. The van der Waals surface area contributed by atoms with Crippen LogP contribution in [0.5, 0.6) is 0 Å². The number of fused-ring (bicyclic) bond motifs is 1. The summed E-state index contributed by atoms with van der Waals surface area (Å²) >= 11 is 0. The number of nitrogens with zero attached hydrogens (tertiary/aromatic N) is 3. The van der Waals surface area contributed by atoms with Gasteiger partial charge < -0.3 is 4.90 Å². The predicted octanol–water partition coefficient (Wildman–Crippen LogP) is 1.02. The van der Waals surface area contributed by atoms with Crippen LogP contribution in [0.4, 0.5) is 4.79 Å². The van der Waals surface area contributed by atoms with Crippen LogP contribution >= 0.6 is 0 Å². The fourth-order valence-electron chi connectivity index (χ4n) is 3.77. The number of piperidine rings is 1. The maximum absolute atomic E-state index is 12.8. The van der Waals surface area contributed by atoms with Gasteiger partial charge in [0.1, 0.15) is 6.04 Å². The molecule has 10 heteroatoms. The molecule has 0 radical (unpaired) electrons.